The van der Waals surface area contributed by atoms with Gasteiger partial charge < -0.3 is 4.74 Å². The van der Waals surface area contributed by atoms with Crippen molar-refractivity contribution >= 4 is 16.7 Å². The van der Waals surface area contributed by atoms with Crippen molar-refractivity contribution in [3.8, 4) is 0 Å². The van der Waals surface area contributed by atoms with Crippen LogP contribution in [-0.4, -0.2) is 23.5 Å². The first-order valence-electron chi connectivity index (χ1n) is 9.39. The van der Waals surface area contributed by atoms with Gasteiger partial charge >= 0.3 is 5.97 Å². The van der Waals surface area contributed by atoms with Crippen LogP contribution in [0.2, 0.25) is 0 Å². The minimum absolute atomic E-state index is 0.0564. The monoisotopic (exact) mass is 357 g/mol. The van der Waals surface area contributed by atoms with Gasteiger partial charge in [0.05, 0.1) is 5.41 Å². The van der Waals surface area contributed by atoms with Gasteiger partial charge in [0.15, 0.2) is 0 Å². The van der Waals surface area contributed by atoms with Crippen LogP contribution in [0.15, 0.2) is 36.7 Å². The van der Waals surface area contributed by atoms with Gasteiger partial charge in [0.2, 0.25) is 0 Å². The summed E-state index contributed by atoms with van der Waals surface area (Å²) in [5.41, 5.74) is 0.00557. The molecule has 0 spiro atoms. The van der Waals surface area contributed by atoms with Gasteiger partial charge in [-0.1, -0.05) is 18.2 Å². The van der Waals surface area contributed by atoms with Gasteiger partial charge in [-0.2, -0.15) is 0 Å². The number of hydrogen-bond acceptors (Lipinski definition) is 3. The molecule has 4 unspecified atom stereocenters. The maximum atomic E-state index is 14.6. The van der Waals surface area contributed by atoms with Crippen molar-refractivity contribution < 1.29 is 18.3 Å². The Bertz CT molecular complexity index is 872. The normalized spacial score (nSPS) is 33.2. The summed E-state index contributed by atoms with van der Waals surface area (Å²) >= 11 is 0. The maximum Gasteiger partial charge on any atom is 0.306 e. The van der Waals surface area contributed by atoms with Crippen LogP contribution in [0.5, 0.6) is 0 Å². The molecule has 1 aromatic heterocycles. The largest absolute Gasteiger partial charge is 0.465 e. The van der Waals surface area contributed by atoms with Crippen molar-refractivity contribution in [1.29, 1.82) is 0 Å². The number of esters is 1. The third-order valence-corrected chi connectivity index (χ3v) is 7.04. The van der Waals surface area contributed by atoms with E-state index in [0.29, 0.717) is 19.3 Å². The molecule has 0 amide bonds. The zero-order valence-corrected chi connectivity index (χ0v) is 14.5. The number of aryl methyl sites for hydroxylation is 1. The van der Waals surface area contributed by atoms with E-state index in [-0.39, 0.29) is 30.8 Å². The zero-order valence-electron chi connectivity index (χ0n) is 14.5. The van der Waals surface area contributed by atoms with Crippen LogP contribution in [-0.2, 0) is 16.0 Å². The van der Waals surface area contributed by atoms with E-state index in [1.807, 2.05) is 24.3 Å². The van der Waals surface area contributed by atoms with E-state index in [2.05, 4.69) is 4.98 Å². The molecule has 0 saturated heterocycles. The Morgan fingerprint density at radius 1 is 1.23 bits per heavy atom. The predicted octanol–water partition coefficient (Wildman–Crippen LogP) is 4.39. The Morgan fingerprint density at radius 2 is 2.12 bits per heavy atom. The van der Waals surface area contributed by atoms with Gasteiger partial charge in [-0.3, -0.25) is 9.78 Å². The molecule has 5 heteroatoms. The Hall–Kier alpha value is -2.04. The molecular weight excluding hydrogens is 336 g/mol. The number of aromatic nitrogens is 1. The number of benzene rings is 1. The maximum absolute atomic E-state index is 14.6. The smallest absolute Gasteiger partial charge is 0.306 e. The lowest BCUT2D eigenvalue weighted by Crippen LogP contribution is -2.42. The molecular formula is C21H21F2NO2. The molecule has 136 valence electrons. The summed E-state index contributed by atoms with van der Waals surface area (Å²) < 4.78 is 34.6. The Kier molecular flexibility index (Phi) is 3.40. The number of rotatable bonds is 5. The van der Waals surface area contributed by atoms with Crippen molar-refractivity contribution in [3.63, 3.8) is 0 Å². The van der Waals surface area contributed by atoms with Crippen molar-refractivity contribution in [1.82, 2.24) is 4.98 Å². The Labute approximate surface area is 150 Å². The number of fused-ring (bicyclic) bond motifs is 2. The fraction of sp³-hybridized carbons (Fsp3) is 0.524. The van der Waals surface area contributed by atoms with E-state index in [1.165, 1.54) is 0 Å². The average Bonchev–Trinajstić information content (AvgIpc) is 3.28. The SMILES string of the molecule is O=C(CCc1cccc2cnccc12)OCC12C3CCC(CC31)C2(F)F. The minimum Gasteiger partial charge on any atom is -0.465 e. The molecule has 2 aromatic rings. The van der Waals surface area contributed by atoms with Crippen LogP contribution < -0.4 is 0 Å². The summed E-state index contributed by atoms with van der Waals surface area (Å²) in [6, 6.07) is 7.83. The quantitative estimate of drug-likeness (QED) is 0.745. The summed E-state index contributed by atoms with van der Waals surface area (Å²) in [5.74, 6) is -3.42. The van der Waals surface area contributed by atoms with Crippen molar-refractivity contribution in [2.45, 2.75) is 38.0 Å². The van der Waals surface area contributed by atoms with E-state index < -0.39 is 17.3 Å². The van der Waals surface area contributed by atoms with Crippen molar-refractivity contribution in [2.75, 3.05) is 6.61 Å². The lowest BCUT2D eigenvalue weighted by Gasteiger charge is -2.35. The number of halogens is 2. The van der Waals surface area contributed by atoms with Crippen LogP contribution in [0.3, 0.4) is 0 Å². The molecule has 6 rings (SSSR count). The topological polar surface area (TPSA) is 39.2 Å². The lowest BCUT2D eigenvalue weighted by atomic mass is 9.78. The fourth-order valence-electron chi connectivity index (χ4n) is 5.67. The van der Waals surface area contributed by atoms with E-state index in [0.717, 1.165) is 22.8 Å². The van der Waals surface area contributed by atoms with Crippen LogP contribution >= 0.6 is 0 Å². The van der Waals surface area contributed by atoms with E-state index >= 15 is 0 Å². The molecule has 4 fully saturated rings. The second kappa shape index (κ2) is 5.48. The standard InChI is InChI=1S/C21H21F2NO2/c22-21(23)15-5-6-17-18(10-15)20(17,21)12-26-19(25)7-4-13-2-1-3-14-11-24-9-8-16(13)14/h1-3,8-9,11,15,17-18H,4-7,10,12H2. The van der Waals surface area contributed by atoms with Gasteiger partial charge in [0.25, 0.3) is 5.92 Å². The molecule has 0 aliphatic heterocycles. The summed E-state index contributed by atoms with van der Waals surface area (Å²) in [6.07, 6.45) is 6.38. The highest BCUT2D eigenvalue weighted by molar-refractivity contribution is 5.85. The first-order valence-corrected chi connectivity index (χ1v) is 9.39. The van der Waals surface area contributed by atoms with E-state index in [1.54, 1.807) is 12.4 Å². The highest BCUT2D eigenvalue weighted by Gasteiger charge is 2.85. The van der Waals surface area contributed by atoms with Crippen molar-refractivity contribution in [3.05, 3.63) is 42.2 Å². The second-order valence-corrected chi connectivity index (χ2v) is 8.06. The summed E-state index contributed by atoms with van der Waals surface area (Å²) in [4.78, 5) is 16.3. The number of ether oxygens (including phenoxy) is 1. The number of nitrogens with zero attached hydrogens (tertiary/aromatic N) is 1. The highest BCUT2D eigenvalue weighted by Crippen LogP contribution is 2.81. The van der Waals surface area contributed by atoms with Gasteiger partial charge in [-0.25, -0.2) is 8.78 Å². The first-order chi connectivity index (χ1) is 12.5. The number of hydrogen-bond donors (Lipinski definition) is 0. The molecule has 1 aromatic carbocycles. The number of alkyl halides is 2. The summed E-state index contributed by atoms with van der Waals surface area (Å²) in [5, 5.41) is 2.09. The molecule has 4 aliphatic rings. The van der Waals surface area contributed by atoms with Crippen LogP contribution in [0.25, 0.3) is 10.8 Å². The van der Waals surface area contributed by atoms with Gasteiger partial charge in [-0.05, 0) is 54.5 Å². The molecule has 4 saturated carbocycles. The van der Waals surface area contributed by atoms with Crippen LogP contribution in [0, 0.1) is 23.2 Å². The van der Waals surface area contributed by atoms with Crippen molar-refractivity contribution in [2.24, 2.45) is 23.2 Å². The predicted molar refractivity (Wildman–Crippen MR) is 92.7 cm³/mol. The molecule has 0 radical (unpaired) electrons. The Balaban J connectivity index is 1.23. The average molecular weight is 357 g/mol. The fourth-order valence-corrected chi connectivity index (χ4v) is 5.67. The van der Waals surface area contributed by atoms with Crippen LogP contribution in [0.4, 0.5) is 8.78 Å². The number of carbonyl (C=O) groups excluding carboxylic acids is 1. The van der Waals surface area contributed by atoms with E-state index in [4.69, 9.17) is 4.74 Å². The molecule has 0 N–H and O–H groups in total. The summed E-state index contributed by atoms with van der Waals surface area (Å²) in [6.45, 7) is -0.107. The zero-order chi connectivity index (χ0) is 17.9. The number of carbonyl (C=O) groups is 1. The number of pyridine rings is 1. The molecule has 26 heavy (non-hydrogen) atoms. The molecule has 4 bridgehead atoms. The second-order valence-electron chi connectivity index (χ2n) is 8.06. The highest BCUT2D eigenvalue weighted by atomic mass is 19.3. The minimum atomic E-state index is -2.66. The van der Waals surface area contributed by atoms with E-state index in [9.17, 15) is 13.6 Å². The molecule has 1 heterocycles. The third kappa shape index (κ3) is 2.09. The first kappa shape index (κ1) is 16.2. The molecule has 4 aliphatic carbocycles. The molecule has 4 atom stereocenters. The van der Waals surface area contributed by atoms with Crippen LogP contribution in [0.1, 0.15) is 31.2 Å². The third-order valence-electron chi connectivity index (χ3n) is 7.04. The summed E-state index contributed by atoms with van der Waals surface area (Å²) in [7, 11) is 0. The van der Waals surface area contributed by atoms with Gasteiger partial charge in [0.1, 0.15) is 6.61 Å². The molecule has 3 nitrogen and oxygen atoms in total. The van der Waals surface area contributed by atoms with Gasteiger partial charge in [-0.15, -0.1) is 0 Å². The Morgan fingerprint density at radius 3 is 2.88 bits per heavy atom. The van der Waals surface area contributed by atoms with Gasteiger partial charge in [0, 0.05) is 30.1 Å². The lowest BCUT2D eigenvalue weighted by molar-refractivity contribution is -0.165.